The van der Waals surface area contributed by atoms with Crippen molar-refractivity contribution >= 4 is 21.4 Å². The monoisotopic (exact) mass is 328 g/mol. The second-order valence-electron chi connectivity index (χ2n) is 5.09. The van der Waals surface area contributed by atoms with Crippen LogP contribution < -0.4 is 10.0 Å². The van der Waals surface area contributed by atoms with Crippen LogP contribution in [0.5, 0.6) is 0 Å². The third-order valence-electron chi connectivity index (χ3n) is 2.81. The SMILES string of the molecule is Cc1cnc(CNS(=O)(=O)c2c[nH]c(CNC(C)C)c2)s1. The predicted octanol–water partition coefficient (Wildman–Crippen LogP) is 1.76. The Kier molecular flexibility index (Phi) is 5.15. The molecule has 0 amide bonds. The maximum absolute atomic E-state index is 12.2. The van der Waals surface area contributed by atoms with Crippen LogP contribution in [0.1, 0.15) is 29.4 Å². The van der Waals surface area contributed by atoms with E-state index in [2.05, 4.69) is 20.0 Å². The van der Waals surface area contributed by atoms with Crippen molar-refractivity contribution in [2.24, 2.45) is 0 Å². The molecule has 2 aromatic rings. The first-order chi connectivity index (χ1) is 9.87. The van der Waals surface area contributed by atoms with Crippen LogP contribution in [0.15, 0.2) is 23.4 Å². The topological polar surface area (TPSA) is 86.9 Å². The Morgan fingerprint density at radius 3 is 2.76 bits per heavy atom. The first-order valence-corrected chi connectivity index (χ1v) is 8.98. The number of H-pyrrole nitrogens is 1. The molecule has 0 saturated carbocycles. The summed E-state index contributed by atoms with van der Waals surface area (Å²) in [6, 6.07) is 1.99. The predicted molar refractivity (Wildman–Crippen MR) is 83.6 cm³/mol. The van der Waals surface area contributed by atoms with Gasteiger partial charge in [0.05, 0.1) is 11.4 Å². The molecule has 3 N–H and O–H groups in total. The number of sulfonamides is 1. The Balaban J connectivity index is 1.99. The van der Waals surface area contributed by atoms with Gasteiger partial charge in [-0.1, -0.05) is 13.8 Å². The molecule has 8 heteroatoms. The van der Waals surface area contributed by atoms with E-state index in [-0.39, 0.29) is 11.4 Å². The highest BCUT2D eigenvalue weighted by molar-refractivity contribution is 7.89. The highest BCUT2D eigenvalue weighted by Gasteiger charge is 2.16. The van der Waals surface area contributed by atoms with Crippen LogP contribution in [0.25, 0.3) is 0 Å². The fourth-order valence-electron chi connectivity index (χ4n) is 1.71. The molecule has 2 rings (SSSR count). The Labute approximate surface area is 129 Å². The van der Waals surface area contributed by atoms with Crippen molar-refractivity contribution in [2.45, 2.75) is 44.8 Å². The van der Waals surface area contributed by atoms with E-state index in [0.29, 0.717) is 12.6 Å². The van der Waals surface area contributed by atoms with Crippen LogP contribution in [-0.2, 0) is 23.1 Å². The minimum atomic E-state index is -3.51. The van der Waals surface area contributed by atoms with Crippen molar-refractivity contribution in [3.05, 3.63) is 34.0 Å². The number of aromatic nitrogens is 2. The van der Waals surface area contributed by atoms with Crippen molar-refractivity contribution in [1.29, 1.82) is 0 Å². The van der Waals surface area contributed by atoms with Gasteiger partial charge in [-0.2, -0.15) is 0 Å². The molecule has 0 bridgehead atoms. The van der Waals surface area contributed by atoms with E-state index in [9.17, 15) is 8.42 Å². The maximum atomic E-state index is 12.2. The van der Waals surface area contributed by atoms with Gasteiger partial charge in [-0.25, -0.2) is 18.1 Å². The Morgan fingerprint density at radius 1 is 1.38 bits per heavy atom. The van der Waals surface area contributed by atoms with Gasteiger partial charge in [-0.15, -0.1) is 11.3 Å². The third kappa shape index (κ3) is 4.63. The lowest BCUT2D eigenvalue weighted by molar-refractivity contribution is 0.580. The second kappa shape index (κ2) is 6.69. The zero-order valence-electron chi connectivity index (χ0n) is 12.3. The molecule has 0 aliphatic rings. The first kappa shape index (κ1) is 16.2. The number of rotatable bonds is 7. The average Bonchev–Trinajstić information content (AvgIpc) is 3.03. The van der Waals surface area contributed by atoms with Crippen LogP contribution in [0.2, 0.25) is 0 Å². The molecule has 0 aliphatic carbocycles. The lowest BCUT2D eigenvalue weighted by Crippen LogP contribution is -2.23. The molecule has 2 heterocycles. The van der Waals surface area contributed by atoms with Gasteiger partial charge in [0.2, 0.25) is 10.0 Å². The van der Waals surface area contributed by atoms with Gasteiger partial charge in [0.15, 0.2) is 0 Å². The Hall–Kier alpha value is -1.22. The molecule has 21 heavy (non-hydrogen) atoms. The zero-order chi connectivity index (χ0) is 15.5. The van der Waals surface area contributed by atoms with Gasteiger partial charge in [0, 0.05) is 35.6 Å². The summed E-state index contributed by atoms with van der Waals surface area (Å²) >= 11 is 1.48. The molecule has 0 aliphatic heterocycles. The third-order valence-corrected chi connectivity index (χ3v) is 5.10. The number of hydrogen-bond donors (Lipinski definition) is 3. The average molecular weight is 328 g/mol. The molecule has 0 aromatic carbocycles. The molecule has 0 saturated heterocycles. The molecule has 0 atom stereocenters. The van der Waals surface area contributed by atoms with Crippen molar-refractivity contribution in [3.63, 3.8) is 0 Å². The van der Waals surface area contributed by atoms with E-state index in [1.165, 1.54) is 17.5 Å². The van der Waals surface area contributed by atoms with E-state index in [0.717, 1.165) is 15.6 Å². The minimum absolute atomic E-state index is 0.214. The van der Waals surface area contributed by atoms with E-state index in [4.69, 9.17) is 0 Å². The number of aryl methyl sites for hydroxylation is 1. The van der Waals surface area contributed by atoms with E-state index in [1.54, 1.807) is 12.3 Å². The molecule has 0 unspecified atom stereocenters. The summed E-state index contributed by atoms with van der Waals surface area (Å²) in [5.74, 6) is 0. The van der Waals surface area contributed by atoms with E-state index in [1.807, 2.05) is 20.8 Å². The molecule has 0 fully saturated rings. The molecular formula is C13H20N4O2S2. The van der Waals surface area contributed by atoms with Gasteiger partial charge < -0.3 is 10.3 Å². The summed E-state index contributed by atoms with van der Waals surface area (Å²) in [5, 5.41) is 3.99. The molecule has 2 aromatic heterocycles. The fraction of sp³-hybridized carbons (Fsp3) is 0.462. The lowest BCUT2D eigenvalue weighted by atomic mass is 10.3. The maximum Gasteiger partial charge on any atom is 0.242 e. The van der Waals surface area contributed by atoms with Gasteiger partial charge >= 0.3 is 0 Å². The zero-order valence-corrected chi connectivity index (χ0v) is 13.9. The van der Waals surface area contributed by atoms with Gasteiger partial charge in [-0.05, 0) is 13.0 Å². The summed E-state index contributed by atoms with van der Waals surface area (Å²) in [4.78, 5) is 8.42. The van der Waals surface area contributed by atoms with Crippen LogP contribution in [-0.4, -0.2) is 24.4 Å². The first-order valence-electron chi connectivity index (χ1n) is 6.68. The number of nitrogens with one attached hydrogen (secondary N) is 3. The van der Waals surface area contributed by atoms with E-state index >= 15 is 0 Å². The highest BCUT2D eigenvalue weighted by Crippen LogP contribution is 2.14. The van der Waals surface area contributed by atoms with Gasteiger partial charge in [0.25, 0.3) is 0 Å². The van der Waals surface area contributed by atoms with Crippen LogP contribution in [0.4, 0.5) is 0 Å². The van der Waals surface area contributed by atoms with Gasteiger partial charge in [0.1, 0.15) is 5.01 Å². The van der Waals surface area contributed by atoms with Crippen molar-refractivity contribution < 1.29 is 8.42 Å². The standard InChI is InChI=1S/C13H20N4O2S2/c1-9(2)14-6-11-4-12(7-15-11)21(18,19)17-8-13-16-5-10(3)20-13/h4-5,7,9,14-15,17H,6,8H2,1-3H3. The number of hydrogen-bond acceptors (Lipinski definition) is 5. The van der Waals surface area contributed by atoms with E-state index < -0.39 is 10.0 Å². The van der Waals surface area contributed by atoms with Gasteiger partial charge in [-0.3, -0.25) is 0 Å². The van der Waals surface area contributed by atoms with Crippen molar-refractivity contribution in [2.75, 3.05) is 0 Å². The molecule has 116 valence electrons. The van der Waals surface area contributed by atoms with Crippen LogP contribution in [0, 0.1) is 6.92 Å². The minimum Gasteiger partial charge on any atom is -0.363 e. The largest absolute Gasteiger partial charge is 0.363 e. The lowest BCUT2D eigenvalue weighted by Gasteiger charge is -2.05. The molecule has 6 nitrogen and oxygen atoms in total. The summed E-state index contributed by atoms with van der Waals surface area (Å²) in [5.41, 5.74) is 0.842. The number of thiazole rings is 1. The molecule has 0 radical (unpaired) electrons. The van der Waals surface area contributed by atoms with Crippen molar-refractivity contribution in [1.82, 2.24) is 20.0 Å². The summed E-state index contributed by atoms with van der Waals surface area (Å²) in [6.45, 7) is 6.84. The summed E-state index contributed by atoms with van der Waals surface area (Å²) in [7, 11) is -3.51. The smallest absolute Gasteiger partial charge is 0.242 e. The normalized spacial score (nSPS) is 12.2. The fourth-order valence-corrected chi connectivity index (χ4v) is 3.54. The van der Waals surface area contributed by atoms with Crippen LogP contribution >= 0.6 is 11.3 Å². The van der Waals surface area contributed by atoms with Crippen LogP contribution in [0.3, 0.4) is 0 Å². The Morgan fingerprint density at radius 2 is 2.14 bits per heavy atom. The number of aromatic amines is 1. The molecular weight excluding hydrogens is 308 g/mol. The van der Waals surface area contributed by atoms with Crippen molar-refractivity contribution in [3.8, 4) is 0 Å². The molecule has 0 spiro atoms. The second-order valence-corrected chi connectivity index (χ2v) is 8.17. The highest BCUT2D eigenvalue weighted by atomic mass is 32.2. The Bertz CT molecular complexity index is 689. The summed E-state index contributed by atoms with van der Waals surface area (Å²) < 4.78 is 26.9. The quantitative estimate of drug-likeness (QED) is 0.723. The number of nitrogens with zero attached hydrogens (tertiary/aromatic N) is 1. The summed E-state index contributed by atoms with van der Waals surface area (Å²) in [6.07, 6.45) is 3.24.